The third kappa shape index (κ3) is 4.71. The number of amides is 1. The van der Waals surface area contributed by atoms with Crippen LogP contribution in [0.3, 0.4) is 0 Å². The number of hydrogen-bond acceptors (Lipinski definition) is 4. The molecule has 1 aliphatic carbocycles. The minimum atomic E-state index is -0.527. The highest BCUT2D eigenvalue weighted by atomic mass is 35.5. The molecule has 1 amide bonds. The van der Waals surface area contributed by atoms with Crippen LogP contribution in [0.5, 0.6) is 0 Å². The lowest BCUT2D eigenvalue weighted by atomic mass is 10.2. The van der Waals surface area contributed by atoms with E-state index in [-0.39, 0.29) is 17.4 Å². The number of aromatic nitrogens is 1. The summed E-state index contributed by atoms with van der Waals surface area (Å²) >= 11 is 7.09. The van der Waals surface area contributed by atoms with Gasteiger partial charge in [-0.15, -0.1) is 11.8 Å². The zero-order chi connectivity index (χ0) is 17.8. The van der Waals surface area contributed by atoms with Gasteiger partial charge in [0.15, 0.2) is 0 Å². The van der Waals surface area contributed by atoms with Crippen LogP contribution in [0.25, 0.3) is 0 Å². The van der Waals surface area contributed by atoms with E-state index in [0.717, 1.165) is 18.5 Å². The Morgan fingerprint density at radius 2 is 2.20 bits per heavy atom. The van der Waals surface area contributed by atoms with Crippen molar-refractivity contribution in [1.29, 1.82) is 5.26 Å². The van der Waals surface area contributed by atoms with Crippen LogP contribution in [-0.2, 0) is 4.79 Å². The van der Waals surface area contributed by atoms with Crippen molar-refractivity contribution in [3.63, 3.8) is 0 Å². The standard InChI is InChI=1S/C18H15ClFN3OS/c19-14-9-13(4-5-15(14)20)22-17(24)7-8-25-18-12(10-21)3-6-16(23-18)11-1-2-11/h3-6,9,11H,1-2,7-8H2,(H,22,24). The predicted molar refractivity (Wildman–Crippen MR) is 96.3 cm³/mol. The van der Waals surface area contributed by atoms with Gasteiger partial charge in [-0.2, -0.15) is 5.26 Å². The number of nitrogens with one attached hydrogen (secondary N) is 1. The fourth-order valence-corrected chi connectivity index (χ4v) is 3.39. The Bertz CT molecular complexity index is 849. The number of halogens is 2. The minimum absolute atomic E-state index is 0.0353. The van der Waals surface area contributed by atoms with Crippen LogP contribution in [-0.4, -0.2) is 16.6 Å². The molecule has 1 aliphatic rings. The zero-order valence-electron chi connectivity index (χ0n) is 13.3. The van der Waals surface area contributed by atoms with Gasteiger partial charge in [-0.25, -0.2) is 9.37 Å². The first kappa shape index (κ1) is 17.7. The molecule has 1 aromatic carbocycles. The molecule has 1 saturated carbocycles. The van der Waals surface area contributed by atoms with Crippen LogP contribution in [0.15, 0.2) is 35.4 Å². The lowest BCUT2D eigenvalue weighted by Gasteiger charge is -2.07. The van der Waals surface area contributed by atoms with Gasteiger partial charge in [0.1, 0.15) is 16.9 Å². The van der Waals surface area contributed by atoms with Crippen LogP contribution in [0, 0.1) is 17.1 Å². The van der Waals surface area contributed by atoms with Gasteiger partial charge in [-0.3, -0.25) is 4.79 Å². The Kier molecular flexibility index (Phi) is 5.57. The number of nitriles is 1. The molecule has 0 saturated heterocycles. The maximum absolute atomic E-state index is 13.1. The molecule has 0 unspecified atom stereocenters. The summed E-state index contributed by atoms with van der Waals surface area (Å²) in [6.45, 7) is 0. The monoisotopic (exact) mass is 375 g/mol. The van der Waals surface area contributed by atoms with E-state index in [1.54, 1.807) is 6.07 Å². The van der Waals surface area contributed by atoms with Crippen molar-refractivity contribution >= 4 is 35.0 Å². The quantitative estimate of drug-likeness (QED) is 0.740. The second-order valence-electron chi connectivity index (χ2n) is 5.75. The van der Waals surface area contributed by atoms with E-state index >= 15 is 0 Å². The first-order chi connectivity index (χ1) is 12.1. The van der Waals surface area contributed by atoms with Crippen molar-refractivity contribution in [2.45, 2.75) is 30.2 Å². The van der Waals surface area contributed by atoms with Crippen molar-refractivity contribution in [3.05, 3.63) is 52.4 Å². The van der Waals surface area contributed by atoms with Crippen molar-refractivity contribution in [2.75, 3.05) is 11.1 Å². The van der Waals surface area contributed by atoms with Gasteiger partial charge in [-0.05, 0) is 43.2 Å². The Morgan fingerprint density at radius 1 is 1.40 bits per heavy atom. The van der Waals surface area contributed by atoms with Crippen LogP contribution in [0.4, 0.5) is 10.1 Å². The highest BCUT2D eigenvalue weighted by molar-refractivity contribution is 7.99. The molecule has 4 nitrogen and oxygen atoms in total. The van der Waals surface area contributed by atoms with Crippen LogP contribution < -0.4 is 5.32 Å². The van der Waals surface area contributed by atoms with Crippen molar-refractivity contribution < 1.29 is 9.18 Å². The maximum atomic E-state index is 13.1. The number of thioether (sulfide) groups is 1. The van der Waals surface area contributed by atoms with Gasteiger partial charge in [0.05, 0.1) is 10.6 Å². The fourth-order valence-electron chi connectivity index (χ4n) is 2.29. The number of hydrogen-bond donors (Lipinski definition) is 1. The largest absolute Gasteiger partial charge is 0.326 e. The first-order valence-corrected chi connectivity index (χ1v) is 9.22. The Balaban J connectivity index is 1.55. The summed E-state index contributed by atoms with van der Waals surface area (Å²) in [5.74, 6) is 0.280. The average molecular weight is 376 g/mol. The third-order valence-electron chi connectivity index (χ3n) is 3.77. The number of pyridine rings is 1. The highest BCUT2D eigenvalue weighted by Crippen LogP contribution is 2.40. The van der Waals surface area contributed by atoms with E-state index in [9.17, 15) is 14.4 Å². The summed E-state index contributed by atoms with van der Waals surface area (Å²) < 4.78 is 13.1. The number of benzene rings is 1. The van der Waals surface area contributed by atoms with E-state index < -0.39 is 5.82 Å². The van der Waals surface area contributed by atoms with Crippen molar-refractivity contribution in [2.24, 2.45) is 0 Å². The second-order valence-corrected chi connectivity index (χ2v) is 7.24. The van der Waals surface area contributed by atoms with E-state index in [4.69, 9.17) is 11.6 Å². The summed E-state index contributed by atoms with van der Waals surface area (Å²) in [5.41, 5.74) is 2.00. The Hall–Kier alpha value is -2.10. The van der Waals surface area contributed by atoms with E-state index in [1.165, 1.54) is 30.0 Å². The Labute approximate surface area is 154 Å². The summed E-state index contributed by atoms with van der Waals surface area (Å²) in [7, 11) is 0. The Morgan fingerprint density at radius 3 is 2.88 bits per heavy atom. The van der Waals surface area contributed by atoms with Gasteiger partial charge in [0, 0.05) is 29.5 Å². The molecule has 7 heteroatoms. The molecular weight excluding hydrogens is 361 g/mol. The smallest absolute Gasteiger partial charge is 0.225 e. The highest BCUT2D eigenvalue weighted by Gasteiger charge is 2.25. The average Bonchev–Trinajstić information content (AvgIpc) is 3.43. The lowest BCUT2D eigenvalue weighted by molar-refractivity contribution is -0.115. The normalized spacial score (nSPS) is 13.3. The summed E-state index contributed by atoms with van der Waals surface area (Å²) in [4.78, 5) is 16.5. The summed E-state index contributed by atoms with van der Waals surface area (Å²) in [6, 6.07) is 9.88. The van der Waals surface area contributed by atoms with Crippen LogP contribution in [0.1, 0.15) is 36.4 Å². The van der Waals surface area contributed by atoms with Gasteiger partial charge in [-0.1, -0.05) is 11.6 Å². The molecule has 3 rings (SSSR count). The topological polar surface area (TPSA) is 65.8 Å². The third-order valence-corrected chi connectivity index (χ3v) is 5.05. The zero-order valence-corrected chi connectivity index (χ0v) is 14.8. The maximum Gasteiger partial charge on any atom is 0.225 e. The van der Waals surface area contributed by atoms with Crippen molar-refractivity contribution in [1.82, 2.24) is 4.98 Å². The number of carbonyl (C=O) groups excluding carboxylic acids is 1. The molecule has 2 aromatic rings. The van der Waals surface area contributed by atoms with E-state index in [0.29, 0.717) is 27.9 Å². The van der Waals surface area contributed by atoms with Crippen LogP contribution >= 0.6 is 23.4 Å². The molecule has 25 heavy (non-hydrogen) atoms. The van der Waals surface area contributed by atoms with E-state index in [2.05, 4.69) is 16.4 Å². The van der Waals surface area contributed by atoms with Gasteiger partial charge < -0.3 is 5.32 Å². The second kappa shape index (κ2) is 7.85. The lowest BCUT2D eigenvalue weighted by Crippen LogP contribution is -2.12. The summed E-state index contributed by atoms with van der Waals surface area (Å²) in [5, 5.41) is 12.5. The number of carbonyl (C=O) groups is 1. The molecule has 0 bridgehead atoms. The molecule has 0 spiro atoms. The SMILES string of the molecule is N#Cc1ccc(C2CC2)nc1SCCC(=O)Nc1ccc(F)c(Cl)c1. The van der Waals surface area contributed by atoms with Crippen LogP contribution in [0.2, 0.25) is 5.02 Å². The first-order valence-electron chi connectivity index (χ1n) is 7.85. The molecule has 1 aromatic heterocycles. The van der Waals surface area contributed by atoms with Gasteiger partial charge in [0.25, 0.3) is 0 Å². The number of rotatable bonds is 6. The van der Waals surface area contributed by atoms with E-state index in [1.807, 2.05) is 6.07 Å². The molecule has 0 atom stereocenters. The van der Waals surface area contributed by atoms with Gasteiger partial charge in [0.2, 0.25) is 5.91 Å². The molecular formula is C18H15ClFN3OS. The molecule has 128 valence electrons. The molecule has 1 N–H and O–H groups in total. The molecule has 1 heterocycles. The van der Waals surface area contributed by atoms with Gasteiger partial charge >= 0.3 is 0 Å². The molecule has 0 radical (unpaired) electrons. The number of anilines is 1. The van der Waals surface area contributed by atoms with Crippen molar-refractivity contribution in [3.8, 4) is 6.07 Å². The molecule has 0 aliphatic heterocycles. The minimum Gasteiger partial charge on any atom is -0.326 e. The summed E-state index contributed by atoms with van der Waals surface area (Å²) in [6.07, 6.45) is 2.54. The fraction of sp³-hybridized carbons (Fsp3) is 0.278. The number of nitrogens with zero attached hydrogens (tertiary/aromatic N) is 2. The predicted octanol–water partition coefficient (Wildman–Crippen LogP) is 4.74. The molecule has 1 fully saturated rings.